The highest BCUT2D eigenvalue weighted by Crippen LogP contribution is 2.15. The second kappa shape index (κ2) is 3.60. The van der Waals surface area contributed by atoms with Crippen LogP contribution in [0.1, 0.15) is 30.8 Å². The van der Waals surface area contributed by atoms with Gasteiger partial charge in [0.15, 0.2) is 0 Å². The van der Waals surface area contributed by atoms with Gasteiger partial charge in [0, 0.05) is 11.7 Å². The van der Waals surface area contributed by atoms with Gasteiger partial charge < -0.3 is 9.67 Å². The smallest absolute Gasteiger partial charge is 0.305 e. The van der Waals surface area contributed by atoms with Crippen LogP contribution in [-0.2, 0) is 4.79 Å². The fourth-order valence-electron chi connectivity index (χ4n) is 1.31. The lowest BCUT2D eigenvalue weighted by molar-refractivity contribution is -0.137. The number of aromatic nitrogens is 2. The zero-order valence-electron chi connectivity index (χ0n) is 8.11. The third-order valence-corrected chi connectivity index (χ3v) is 2.23. The summed E-state index contributed by atoms with van der Waals surface area (Å²) in [5.74, 6) is -0.779. The van der Waals surface area contributed by atoms with Gasteiger partial charge in [0.1, 0.15) is 0 Å². The van der Waals surface area contributed by atoms with E-state index in [9.17, 15) is 4.79 Å². The summed E-state index contributed by atoms with van der Waals surface area (Å²) >= 11 is 0. The molecule has 1 rings (SSSR count). The molecule has 72 valence electrons. The van der Waals surface area contributed by atoms with Crippen molar-refractivity contribution in [2.75, 3.05) is 0 Å². The highest BCUT2D eigenvalue weighted by atomic mass is 16.4. The number of carbonyl (C=O) groups is 1. The van der Waals surface area contributed by atoms with Crippen LogP contribution < -0.4 is 0 Å². The minimum absolute atomic E-state index is 0.0290. The molecule has 0 saturated carbocycles. The Bertz CT molecular complexity index is 317. The van der Waals surface area contributed by atoms with E-state index in [4.69, 9.17) is 5.11 Å². The highest BCUT2D eigenvalue weighted by Gasteiger charge is 2.12. The quantitative estimate of drug-likeness (QED) is 0.771. The molecule has 0 aliphatic heterocycles. The van der Waals surface area contributed by atoms with E-state index in [-0.39, 0.29) is 12.5 Å². The summed E-state index contributed by atoms with van der Waals surface area (Å²) in [4.78, 5) is 14.6. The zero-order valence-corrected chi connectivity index (χ0v) is 8.11. The molecule has 1 unspecified atom stereocenters. The van der Waals surface area contributed by atoms with Crippen LogP contribution in [0, 0.1) is 13.8 Å². The summed E-state index contributed by atoms with van der Waals surface area (Å²) < 4.78 is 1.89. The predicted octanol–water partition coefficient (Wildman–Crippen LogP) is 1.54. The summed E-state index contributed by atoms with van der Waals surface area (Å²) in [6.45, 7) is 5.74. The summed E-state index contributed by atoms with van der Waals surface area (Å²) in [6, 6.07) is -0.0290. The van der Waals surface area contributed by atoms with Gasteiger partial charge in [-0.3, -0.25) is 4.79 Å². The standard InChI is InChI=1S/C9H14N2O2/c1-6(4-9(12)13)11-5-10-7(2)8(11)3/h5-6H,4H2,1-3H3,(H,12,13). The van der Waals surface area contributed by atoms with Gasteiger partial charge in [-0.25, -0.2) is 4.98 Å². The van der Waals surface area contributed by atoms with Crippen LogP contribution in [0.5, 0.6) is 0 Å². The van der Waals surface area contributed by atoms with Crippen molar-refractivity contribution in [1.29, 1.82) is 0 Å². The van der Waals surface area contributed by atoms with E-state index in [1.54, 1.807) is 6.33 Å². The maximum Gasteiger partial charge on any atom is 0.305 e. The number of nitrogens with zero attached hydrogens (tertiary/aromatic N) is 2. The van der Waals surface area contributed by atoms with Gasteiger partial charge in [0.2, 0.25) is 0 Å². The maximum atomic E-state index is 10.5. The zero-order chi connectivity index (χ0) is 10.0. The first kappa shape index (κ1) is 9.77. The molecule has 0 aliphatic carbocycles. The fraction of sp³-hybridized carbons (Fsp3) is 0.556. The van der Waals surface area contributed by atoms with Crippen molar-refractivity contribution < 1.29 is 9.90 Å². The average molecular weight is 182 g/mol. The molecule has 1 aromatic heterocycles. The Balaban J connectivity index is 2.82. The largest absolute Gasteiger partial charge is 0.481 e. The molecule has 4 heteroatoms. The highest BCUT2D eigenvalue weighted by molar-refractivity contribution is 5.67. The molecule has 0 aliphatic rings. The second-order valence-electron chi connectivity index (χ2n) is 3.27. The first-order chi connectivity index (χ1) is 6.02. The van der Waals surface area contributed by atoms with E-state index in [1.165, 1.54) is 0 Å². The Hall–Kier alpha value is -1.32. The molecule has 0 bridgehead atoms. The third-order valence-electron chi connectivity index (χ3n) is 2.23. The lowest BCUT2D eigenvalue weighted by atomic mass is 10.2. The Kier molecular flexibility index (Phi) is 2.70. The number of imidazole rings is 1. The summed E-state index contributed by atoms with van der Waals surface area (Å²) in [5, 5.41) is 8.61. The molecule has 1 heterocycles. The Morgan fingerprint density at radius 1 is 1.69 bits per heavy atom. The van der Waals surface area contributed by atoms with Crippen molar-refractivity contribution in [3.8, 4) is 0 Å². The van der Waals surface area contributed by atoms with Crippen LogP contribution in [-0.4, -0.2) is 20.6 Å². The number of aliphatic carboxylic acids is 1. The SMILES string of the molecule is Cc1ncn(C(C)CC(=O)O)c1C. The van der Waals surface area contributed by atoms with E-state index in [0.717, 1.165) is 11.4 Å². The molecular formula is C9H14N2O2. The van der Waals surface area contributed by atoms with Gasteiger partial charge in [0.25, 0.3) is 0 Å². The van der Waals surface area contributed by atoms with Crippen molar-refractivity contribution in [3.05, 3.63) is 17.7 Å². The predicted molar refractivity (Wildman–Crippen MR) is 48.7 cm³/mol. The average Bonchev–Trinajstić information content (AvgIpc) is 2.31. The van der Waals surface area contributed by atoms with Gasteiger partial charge in [-0.15, -0.1) is 0 Å². The topological polar surface area (TPSA) is 55.1 Å². The number of hydrogen-bond acceptors (Lipinski definition) is 2. The first-order valence-corrected chi connectivity index (χ1v) is 4.24. The number of carboxylic acids is 1. The van der Waals surface area contributed by atoms with Crippen molar-refractivity contribution in [2.45, 2.75) is 33.2 Å². The monoisotopic (exact) mass is 182 g/mol. The van der Waals surface area contributed by atoms with Crippen LogP contribution in [0.3, 0.4) is 0 Å². The molecule has 1 atom stereocenters. The molecule has 0 radical (unpaired) electrons. The number of hydrogen-bond donors (Lipinski definition) is 1. The van der Waals surface area contributed by atoms with E-state index in [1.807, 2.05) is 25.3 Å². The molecule has 0 fully saturated rings. The minimum atomic E-state index is -0.779. The molecular weight excluding hydrogens is 168 g/mol. The number of aryl methyl sites for hydroxylation is 1. The minimum Gasteiger partial charge on any atom is -0.481 e. The summed E-state index contributed by atoms with van der Waals surface area (Å²) in [7, 11) is 0. The molecule has 1 N–H and O–H groups in total. The molecule has 0 saturated heterocycles. The van der Waals surface area contributed by atoms with Gasteiger partial charge in [-0.05, 0) is 20.8 Å². The van der Waals surface area contributed by atoms with E-state index < -0.39 is 5.97 Å². The Morgan fingerprint density at radius 2 is 2.31 bits per heavy atom. The molecule has 4 nitrogen and oxygen atoms in total. The molecule has 13 heavy (non-hydrogen) atoms. The van der Waals surface area contributed by atoms with Crippen molar-refractivity contribution in [2.24, 2.45) is 0 Å². The maximum absolute atomic E-state index is 10.5. The van der Waals surface area contributed by atoms with Gasteiger partial charge in [0.05, 0.1) is 18.4 Å². The molecule has 0 spiro atoms. The summed E-state index contributed by atoms with van der Waals surface area (Å²) in [5.41, 5.74) is 1.99. The van der Waals surface area contributed by atoms with Crippen LogP contribution in [0.25, 0.3) is 0 Å². The lowest BCUT2D eigenvalue weighted by Crippen LogP contribution is -2.10. The van der Waals surface area contributed by atoms with Gasteiger partial charge in [-0.1, -0.05) is 0 Å². The Morgan fingerprint density at radius 3 is 2.69 bits per heavy atom. The van der Waals surface area contributed by atoms with Gasteiger partial charge >= 0.3 is 5.97 Å². The molecule has 0 aromatic carbocycles. The lowest BCUT2D eigenvalue weighted by Gasteiger charge is -2.12. The second-order valence-corrected chi connectivity index (χ2v) is 3.27. The van der Waals surface area contributed by atoms with E-state index >= 15 is 0 Å². The number of rotatable bonds is 3. The Labute approximate surface area is 77.2 Å². The fourth-order valence-corrected chi connectivity index (χ4v) is 1.31. The van der Waals surface area contributed by atoms with Gasteiger partial charge in [-0.2, -0.15) is 0 Å². The van der Waals surface area contributed by atoms with Crippen molar-refractivity contribution in [3.63, 3.8) is 0 Å². The van der Waals surface area contributed by atoms with Crippen LogP contribution in [0.4, 0.5) is 0 Å². The van der Waals surface area contributed by atoms with Crippen LogP contribution in [0.15, 0.2) is 6.33 Å². The van der Waals surface area contributed by atoms with E-state index in [2.05, 4.69) is 4.98 Å². The van der Waals surface area contributed by atoms with Crippen LogP contribution >= 0.6 is 0 Å². The van der Waals surface area contributed by atoms with Crippen molar-refractivity contribution >= 4 is 5.97 Å². The number of carboxylic acid groups (broad SMARTS) is 1. The van der Waals surface area contributed by atoms with Crippen molar-refractivity contribution in [1.82, 2.24) is 9.55 Å². The van der Waals surface area contributed by atoms with Crippen LogP contribution in [0.2, 0.25) is 0 Å². The van der Waals surface area contributed by atoms with E-state index in [0.29, 0.717) is 0 Å². The third kappa shape index (κ3) is 2.08. The normalized spacial score (nSPS) is 12.8. The molecule has 1 aromatic rings. The molecule has 0 amide bonds. The first-order valence-electron chi connectivity index (χ1n) is 4.24. The summed E-state index contributed by atoms with van der Waals surface area (Å²) in [6.07, 6.45) is 1.83.